The molecular weight excluding hydrogens is 432 g/mol. The van der Waals surface area contributed by atoms with E-state index in [1.165, 1.54) is 18.2 Å². The predicted octanol–water partition coefficient (Wildman–Crippen LogP) is 3.50. The Morgan fingerprint density at radius 1 is 0.647 bits per heavy atom. The van der Waals surface area contributed by atoms with E-state index in [2.05, 4.69) is 20.0 Å². The maximum absolute atomic E-state index is 11.7. The van der Waals surface area contributed by atoms with E-state index >= 15 is 0 Å². The van der Waals surface area contributed by atoms with Crippen LogP contribution in [0.15, 0.2) is 105 Å². The molecule has 0 aromatic carbocycles. The van der Waals surface area contributed by atoms with Gasteiger partial charge in [-0.25, -0.2) is 9.98 Å². The van der Waals surface area contributed by atoms with Gasteiger partial charge in [0.05, 0.1) is 25.2 Å². The van der Waals surface area contributed by atoms with Crippen molar-refractivity contribution in [2.45, 2.75) is 19.3 Å². The maximum atomic E-state index is 11.7. The van der Waals surface area contributed by atoms with Gasteiger partial charge in [0.2, 0.25) is 0 Å². The second kappa shape index (κ2) is 19.2. The number of Topliss-reactive ketones (excluding diaryl/α,β-unsaturated/α-hetero) is 1. The fourth-order valence-corrected chi connectivity index (χ4v) is 2.09. The van der Waals surface area contributed by atoms with Crippen LogP contribution >= 0.6 is 0 Å². The Morgan fingerprint density at radius 2 is 1.35 bits per heavy atom. The van der Waals surface area contributed by atoms with Crippen LogP contribution in [0.4, 0.5) is 0 Å². The van der Waals surface area contributed by atoms with Crippen molar-refractivity contribution in [2.75, 3.05) is 6.54 Å². The quantitative estimate of drug-likeness (QED) is 0.552. The van der Waals surface area contributed by atoms with Crippen molar-refractivity contribution in [1.82, 2.24) is 0 Å². The minimum absolute atomic E-state index is 0.0960. The summed E-state index contributed by atoms with van der Waals surface area (Å²) in [5, 5.41) is 0. The molecule has 8 heteroatoms. The van der Waals surface area contributed by atoms with E-state index < -0.39 is 11.8 Å². The third-order valence-corrected chi connectivity index (χ3v) is 3.65. The molecule has 2 amide bonds. The Labute approximate surface area is 198 Å². The average molecular weight is 459 g/mol. The number of hydrogen-bond acceptors (Lipinski definition) is 6. The number of nitrogens with zero attached hydrogens (tertiary/aromatic N) is 4. The third kappa shape index (κ3) is 17.2. The Kier molecular flexibility index (Phi) is 15.6. The van der Waals surface area contributed by atoms with Crippen LogP contribution in [0, 0.1) is 0 Å². The summed E-state index contributed by atoms with van der Waals surface area (Å²) < 4.78 is 0. The summed E-state index contributed by atoms with van der Waals surface area (Å²) in [5.74, 6) is -2.10. The second-order valence-corrected chi connectivity index (χ2v) is 6.43. The van der Waals surface area contributed by atoms with Crippen LogP contribution in [0.1, 0.15) is 19.3 Å². The predicted molar refractivity (Wildman–Crippen MR) is 137 cm³/mol. The first-order chi connectivity index (χ1) is 16.6. The smallest absolute Gasteiger partial charge is 0.288 e. The third-order valence-electron chi connectivity index (χ3n) is 3.65. The number of hydrogen-bond donors (Lipinski definition) is 0. The van der Waals surface area contributed by atoms with Gasteiger partial charge in [-0.2, -0.15) is 0 Å². The normalized spacial score (nSPS) is 17.6. The number of carbonyl (C=O) groups excluding carboxylic acids is 4. The summed E-state index contributed by atoms with van der Waals surface area (Å²) in [4.78, 5) is 61.2. The molecule has 8 nitrogen and oxygen atoms in total. The van der Waals surface area contributed by atoms with Crippen molar-refractivity contribution in [3.05, 3.63) is 85.2 Å². The molecule has 0 radical (unpaired) electrons. The molecule has 0 unspecified atom stereocenters. The first-order valence-electron chi connectivity index (χ1n) is 10.5. The molecule has 34 heavy (non-hydrogen) atoms. The van der Waals surface area contributed by atoms with E-state index in [0.29, 0.717) is 12.8 Å². The molecule has 0 bridgehead atoms. The summed E-state index contributed by atoms with van der Waals surface area (Å²) in [6.07, 6.45) is 29.4. The monoisotopic (exact) mass is 458 g/mol. The van der Waals surface area contributed by atoms with Crippen molar-refractivity contribution in [3.8, 4) is 0 Å². The first-order valence-corrected chi connectivity index (χ1v) is 10.5. The fraction of sp³-hybridized carbons (Fsp3) is 0.154. The second-order valence-electron chi connectivity index (χ2n) is 6.43. The summed E-state index contributed by atoms with van der Waals surface area (Å²) in [6.45, 7) is 0.0960. The lowest BCUT2D eigenvalue weighted by molar-refractivity contribution is -0.114. The van der Waals surface area contributed by atoms with Gasteiger partial charge in [0.1, 0.15) is 0 Å². The summed E-state index contributed by atoms with van der Waals surface area (Å²) >= 11 is 0. The highest BCUT2D eigenvalue weighted by molar-refractivity contribution is 6.38. The molecule has 0 aliphatic carbocycles. The van der Waals surface area contributed by atoms with E-state index in [9.17, 15) is 19.2 Å². The van der Waals surface area contributed by atoms with Crippen LogP contribution < -0.4 is 0 Å². The van der Waals surface area contributed by atoms with Gasteiger partial charge in [-0.15, -0.1) is 0 Å². The molecule has 1 heterocycles. The minimum Gasteiger partial charge on any atom is -0.293 e. The standard InChI is InChI=1S/C26H26N4O4/c31-23-14-9-6-4-8-12-18-27-17-11-7-3-1-2-5-10-15-24(32)20-29-26(34)22-30-25(33)21-28-19-13-16-23/h1-4,6-9,11-14,16-18,20-22H,5,10,15,19H2. The molecule has 0 spiro atoms. The van der Waals surface area contributed by atoms with Gasteiger partial charge in [-0.1, -0.05) is 54.7 Å². The zero-order valence-electron chi connectivity index (χ0n) is 18.6. The number of rotatable bonds is 0. The zero-order chi connectivity index (χ0) is 24.7. The highest BCUT2D eigenvalue weighted by Crippen LogP contribution is 1.97. The Hall–Kier alpha value is -4.46. The lowest BCUT2D eigenvalue weighted by atomic mass is 10.2. The maximum Gasteiger partial charge on any atom is 0.288 e. The van der Waals surface area contributed by atoms with Crippen LogP contribution in [0.5, 0.6) is 0 Å². The summed E-state index contributed by atoms with van der Waals surface area (Å²) in [5.41, 5.74) is 0. The van der Waals surface area contributed by atoms with Gasteiger partial charge in [-0.05, 0) is 37.1 Å². The fourth-order valence-electron chi connectivity index (χ4n) is 2.09. The van der Waals surface area contributed by atoms with E-state index in [0.717, 1.165) is 18.6 Å². The number of aliphatic imine (C=N–C) groups is 4. The lowest BCUT2D eigenvalue weighted by Gasteiger charge is -1.91. The molecule has 0 N–H and O–H groups in total. The highest BCUT2D eigenvalue weighted by atomic mass is 16.2. The van der Waals surface area contributed by atoms with Crippen LogP contribution in [0.25, 0.3) is 0 Å². The Bertz CT molecular complexity index is 1030. The molecular formula is C26H26N4O4. The van der Waals surface area contributed by atoms with Gasteiger partial charge in [-0.3, -0.25) is 29.2 Å². The van der Waals surface area contributed by atoms with Crippen LogP contribution in [0.2, 0.25) is 0 Å². The number of amides is 2. The Balaban J connectivity index is 2.75. The zero-order valence-corrected chi connectivity index (χ0v) is 18.6. The van der Waals surface area contributed by atoms with Crippen molar-refractivity contribution in [2.24, 2.45) is 20.0 Å². The topological polar surface area (TPSA) is 118 Å². The lowest BCUT2D eigenvalue weighted by Crippen LogP contribution is -2.05. The van der Waals surface area contributed by atoms with Crippen LogP contribution in [-0.4, -0.2) is 54.8 Å². The van der Waals surface area contributed by atoms with E-state index in [1.54, 1.807) is 48.9 Å². The van der Waals surface area contributed by atoms with Crippen LogP contribution in [0.3, 0.4) is 0 Å². The number of carbonyl (C=O) groups is 4. The molecule has 0 aromatic rings. The van der Waals surface area contributed by atoms with Gasteiger partial charge >= 0.3 is 0 Å². The van der Waals surface area contributed by atoms with Crippen molar-refractivity contribution < 1.29 is 19.2 Å². The van der Waals surface area contributed by atoms with Crippen molar-refractivity contribution >= 4 is 48.2 Å². The van der Waals surface area contributed by atoms with Crippen LogP contribution in [-0.2, 0) is 19.2 Å². The first kappa shape index (κ1) is 27.6. The molecule has 0 saturated carbocycles. The molecule has 1 aliphatic heterocycles. The van der Waals surface area contributed by atoms with Gasteiger partial charge in [0, 0.05) is 18.8 Å². The molecule has 1 aliphatic rings. The summed E-state index contributed by atoms with van der Waals surface area (Å²) in [7, 11) is 0. The number of ketones is 2. The van der Waals surface area contributed by atoms with Gasteiger partial charge in [0.25, 0.3) is 11.8 Å². The molecule has 174 valence electrons. The number of allylic oxidation sites excluding steroid dienone is 12. The molecule has 1 rings (SSSR count). The van der Waals surface area contributed by atoms with Crippen molar-refractivity contribution in [1.29, 1.82) is 0 Å². The van der Waals surface area contributed by atoms with E-state index in [4.69, 9.17) is 0 Å². The molecule has 0 saturated heterocycles. The van der Waals surface area contributed by atoms with E-state index in [-0.39, 0.29) is 24.5 Å². The van der Waals surface area contributed by atoms with Crippen molar-refractivity contribution in [3.63, 3.8) is 0 Å². The SMILES string of the molecule is O=C1C=CC=CC=CC=NC=CC=CC=CCCCC(=O)C=NC(=O)C=NC(=O)C=NCC=C1. The van der Waals surface area contributed by atoms with Gasteiger partial charge in [0.15, 0.2) is 11.6 Å². The van der Waals surface area contributed by atoms with Gasteiger partial charge < -0.3 is 0 Å². The largest absolute Gasteiger partial charge is 0.293 e. The summed E-state index contributed by atoms with van der Waals surface area (Å²) in [6, 6.07) is 0. The Morgan fingerprint density at radius 3 is 2.24 bits per heavy atom. The molecule has 0 fully saturated rings. The average Bonchev–Trinajstić information content (AvgIpc) is 2.82. The van der Waals surface area contributed by atoms with E-state index in [1.807, 2.05) is 24.3 Å². The minimum atomic E-state index is -0.820. The molecule has 0 atom stereocenters. The molecule has 0 aromatic heterocycles. The highest BCUT2D eigenvalue weighted by Gasteiger charge is 1.99.